The molecule has 2 aromatic heterocycles. The third-order valence-electron chi connectivity index (χ3n) is 4.92. The van der Waals surface area contributed by atoms with Crippen LogP contribution in [-0.2, 0) is 0 Å². The zero-order valence-electron chi connectivity index (χ0n) is 16.0. The van der Waals surface area contributed by atoms with E-state index in [2.05, 4.69) is 31.2 Å². The fourth-order valence-corrected chi connectivity index (χ4v) is 3.33. The summed E-state index contributed by atoms with van der Waals surface area (Å²) in [5, 5.41) is 3.02. The number of nitrogens with zero attached hydrogens (tertiary/aromatic N) is 6. The molecule has 1 aliphatic rings. The molecular weight excluding hydrogens is 354 g/mol. The van der Waals surface area contributed by atoms with E-state index in [0.717, 1.165) is 36.0 Å². The van der Waals surface area contributed by atoms with Crippen LogP contribution in [0, 0.1) is 13.8 Å². The minimum Gasteiger partial charge on any atom is -0.353 e. The van der Waals surface area contributed by atoms with Crippen molar-refractivity contribution in [2.45, 2.75) is 13.8 Å². The lowest BCUT2D eigenvalue weighted by atomic mass is 10.1. The fourth-order valence-electron chi connectivity index (χ4n) is 3.33. The van der Waals surface area contributed by atoms with E-state index in [4.69, 9.17) is 0 Å². The second-order valence-corrected chi connectivity index (χ2v) is 6.93. The number of carbonyl (C=O) groups excluding carboxylic acids is 1. The number of amides is 2. The van der Waals surface area contributed by atoms with Gasteiger partial charge in [0.05, 0.1) is 0 Å². The van der Waals surface area contributed by atoms with Crippen LogP contribution in [0.15, 0.2) is 49.3 Å². The first kappa shape index (κ1) is 18.0. The van der Waals surface area contributed by atoms with Crippen LogP contribution >= 0.6 is 0 Å². The topological polar surface area (TPSA) is 79.2 Å². The van der Waals surface area contributed by atoms with Crippen LogP contribution in [0.2, 0.25) is 0 Å². The highest BCUT2D eigenvalue weighted by Gasteiger charge is 2.22. The average molecular weight is 377 g/mol. The number of aryl methyl sites for hydroxylation is 2. The Kier molecular flexibility index (Phi) is 4.92. The number of rotatable bonds is 3. The van der Waals surface area contributed by atoms with Crippen molar-refractivity contribution < 1.29 is 4.79 Å². The molecule has 1 aliphatic heterocycles. The highest BCUT2D eigenvalue weighted by atomic mass is 16.2. The molecule has 28 heavy (non-hydrogen) atoms. The maximum Gasteiger partial charge on any atom is 0.321 e. The third-order valence-corrected chi connectivity index (χ3v) is 4.92. The summed E-state index contributed by atoms with van der Waals surface area (Å²) in [4.78, 5) is 29.4. The SMILES string of the molecule is Cc1ccc(NC(=O)N2CCN(c3cc(-n4ccnc4)ncn3)CC2)c(C)c1. The van der Waals surface area contributed by atoms with Gasteiger partial charge in [-0.25, -0.2) is 19.7 Å². The maximum atomic E-state index is 12.6. The molecule has 1 saturated heterocycles. The molecule has 0 atom stereocenters. The van der Waals surface area contributed by atoms with Gasteiger partial charge in [-0.1, -0.05) is 17.7 Å². The van der Waals surface area contributed by atoms with Gasteiger partial charge in [0.15, 0.2) is 0 Å². The number of piperazine rings is 1. The van der Waals surface area contributed by atoms with Gasteiger partial charge in [-0.15, -0.1) is 0 Å². The number of hydrogen-bond donors (Lipinski definition) is 1. The minimum atomic E-state index is -0.0617. The average Bonchev–Trinajstić information content (AvgIpc) is 3.25. The van der Waals surface area contributed by atoms with E-state index in [-0.39, 0.29) is 6.03 Å². The summed E-state index contributed by atoms with van der Waals surface area (Å²) < 4.78 is 1.85. The van der Waals surface area contributed by atoms with Gasteiger partial charge in [-0.2, -0.15) is 0 Å². The van der Waals surface area contributed by atoms with Gasteiger partial charge in [0, 0.05) is 50.3 Å². The molecule has 144 valence electrons. The molecule has 1 N–H and O–H groups in total. The smallest absolute Gasteiger partial charge is 0.321 e. The van der Waals surface area contributed by atoms with Crippen LogP contribution in [0.1, 0.15) is 11.1 Å². The van der Waals surface area contributed by atoms with Crippen molar-refractivity contribution in [3.63, 3.8) is 0 Å². The molecule has 8 nitrogen and oxygen atoms in total. The summed E-state index contributed by atoms with van der Waals surface area (Å²) in [5.74, 6) is 1.63. The van der Waals surface area contributed by atoms with E-state index in [9.17, 15) is 4.79 Å². The molecule has 0 aliphatic carbocycles. The van der Waals surface area contributed by atoms with E-state index < -0.39 is 0 Å². The van der Waals surface area contributed by atoms with Crippen molar-refractivity contribution in [2.75, 3.05) is 36.4 Å². The number of carbonyl (C=O) groups is 1. The Bertz CT molecular complexity index is 962. The van der Waals surface area contributed by atoms with Crippen LogP contribution in [0.4, 0.5) is 16.3 Å². The molecule has 0 spiro atoms. The summed E-state index contributed by atoms with van der Waals surface area (Å²) in [6.07, 6.45) is 6.84. The van der Waals surface area contributed by atoms with E-state index >= 15 is 0 Å². The highest BCUT2D eigenvalue weighted by Crippen LogP contribution is 2.19. The number of imidazole rings is 1. The van der Waals surface area contributed by atoms with Crippen molar-refractivity contribution in [3.8, 4) is 5.82 Å². The van der Waals surface area contributed by atoms with Gasteiger partial charge in [-0.3, -0.25) is 4.57 Å². The molecule has 1 aromatic carbocycles. The van der Waals surface area contributed by atoms with Crippen LogP contribution in [0.5, 0.6) is 0 Å². The molecule has 0 radical (unpaired) electrons. The van der Waals surface area contributed by atoms with Crippen LogP contribution in [-0.4, -0.2) is 56.6 Å². The number of aromatic nitrogens is 4. The van der Waals surface area contributed by atoms with Crippen LogP contribution < -0.4 is 10.2 Å². The van der Waals surface area contributed by atoms with E-state index in [1.165, 1.54) is 5.56 Å². The van der Waals surface area contributed by atoms with Gasteiger partial charge in [0.25, 0.3) is 0 Å². The predicted octanol–water partition coefficient (Wildman–Crippen LogP) is 2.63. The molecule has 1 fully saturated rings. The Hall–Kier alpha value is -3.42. The standard InChI is InChI=1S/C20H23N7O/c1-15-3-4-17(16(2)11-15)24-20(28)26-9-7-25(8-10-26)18-12-19(23-13-22-18)27-6-5-21-14-27/h3-6,11-14H,7-10H2,1-2H3,(H,24,28). The molecule has 0 bridgehead atoms. The van der Waals surface area contributed by atoms with Crippen LogP contribution in [0.3, 0.4) is 0 Å². The highest BCUT2D eigenvalue weighted by molar-refractivity contribution is 5.90. The predicted molar refractivity (Wildman–Crippen MR) is 108 cm³/mol. The summed E-state index contributed by atoms with van der Waals surface area (Å²) in [6.45, 7) is 6.78. The number of benzene rings is 1. The lowest BCUT2D eigenvalue weighted by Gasteiger charge is -2.35. The Labute approximate surface area is 163 Å². The fraction of sp³-hybridized carbons (Fsp3) is 0.300. The first-order valence-corrected chi connectivity index (χ1v) is 9.28. The normalized spacial score (nSPS) is 14.2. The molecular formula is C20H23N7O. The van der Waals surface area contributed by atoms with Crippen molar-refractivity contribution in [2.24, 2.45) is 0 Å². The van der Waals surface area contributed by atoms with Gasteiger partial charge >= 0.3 is 6.03 Å². The van der Waals surface area contributed by atoms with Crippen molar-refractivity contribution >= 4 is 17.5 Å². The zero-order valence-corrected chi connectivity index (χ0v) is 16.0. The van der Waals surface area contributed by atoms with Gasteiger partial charge in [0.1, 0.15) is 24.3 Å². The van der Waals surface area contributed by atoms with Crippen molar-refractivity contribution in [1.82, 2.24) is 24.4 Å². The summed E-state index contributed by atoms with van der Waals surface area (Å²) in [7, 11) is 0. The zero-order chi connectivity index (χ0) is 19.5. The Balaban J connectivity index is 1.38. The molecule has 8 heteroatoms. The second-order valence-electron chi connectivity index (χ2n) is 6.93. The largest absolute Gasteiger partial charge is 0.353 e. The maximum absolute atomic E-state index is 12.6. The molecule has 3 heterocycles. The van der Waals surface area contributed by atoms with Crippen LogP contribution in [0.25, 0.3) is 5.82 Å². The molecule has 0 saturated carbocycles. The van der Waals surface area contributed by atoms with Crippen molar-refractivity contribution in [3.05, 3.63) is 60.4 Å². The Morgan fingerprint density at radius 1 is 1.04 bits per heavy atom. The molecule has 0 unspecified atom stereocenters. The summed E-state index contributed by atoms with van der Waals surface area (Å²) in [6, 6.07) is 7.91. The van der Waals surface area contributed by atoms with Crippen molar-refractivity contribution in [1.29, 1.82) is 0 Å². The van der Waals surface area contributed by atoms with Gasteiger partial charge < -0.3 is 15.1 Å². The van der Waals surface area contributed by atoms with E-state index in [1.807, 2.05) is 47.7 Å². The molecule has 4 rings (SSSR count). The van der Waals surface area contributed by atoms with Gasteiger partial charge in [-0.05, 0) is 25.5 Å². The minimum absolute atomic E-state index is 0.0617. The lowest BCUT2D eigenvalue weighted by Crippen LogP contribution is -2.50. The Morgan fingerprint density at radius 3 is 2.54 bits per heavy atom. The summed E-state index contributed by atoms with van der Waals surface area (Å²) >= 11 is 0. The number of urea groups is 1. The molecule has 2 amide bonds. The monoisotopic (exact) mass is 377 g/mol. The second kappa shape index (κ2) is 7.67. The first-order valence-electron chi connectivity index (χ1n) is 9.28. The first-order chi connectivity index (χ1) is 13.6. The third kappa shape index (κ3) is 3.80. The quantitative estimate of drug-likeness (QED) is 0.759. The number of hydrogen-bond acceptors (Lipinski definition) is 5. The number of nitrogens with one attached hydrogen (secondary N) is 1. The van der Waals surface area contributed by atoms with E-state index in [1.54, 1.807) is 18.9 Å². The van der Waals surface area contributed by atoms with Gasteiger partial charge in [0.2, 0.25) is 0 Å². The number of anilines is 2. The Morgan fingerprint density at radius 2 is 1.82 bits per heavy atom. The molecule has 3 aromatic rings. The van der Waals surface area contributed by atoms with E-state index in [0.29, 0.717) is 13.1 Å². The summed E-state index contributed by atoms with van der Waals surface area (Å²) in [5.41, 5.74) is 3.11. The lowest BCUT2D eigenvalue weighted by molar-refractivity contribution is 0.208.